The topological polar surface area (TPSA) is 6.48 Å². The van der Waals surface area contributed by atoms with Gasteiger partial charge >= 0.3 is 0 Å². The predicted octanol–water partition coefficient (Wildman–Crippen LogP) is 0.949. The van der Waals surface area contributed by atoms with Crippen LogP contribution in [0.3, 0.4) is 0 Å². The summed E-state index contributed by atoms with van der Waals surface area (Å²) in [5.41, 5.74) is 0. The molecule has 2 aliphatic heterocycles. The first-order chi connectivity index (χ1) is 4.86. The van der Waals surface area contributed by atoms with Gasteiger partial charge in [-0.1, -0.05) is 0 Å². The number of hydrogen-bond donors (Lipinski definition) is 0. The Morgan fingerprint density at radius 1 is 1.20 bits per heavy atom. The lowest BCUT2D eigenvalue weighted by molar-refractivity contribution is -0.0722. The van der Waals surface area contributed by atoms with Crippen molar-refractivity contribution in [2.45, 2.75) is 19.3 Å². The van der Waals surface area contributed by atoms with Crippen molar-refractivity contribution >= 4 is 0 Å². The molecule has 0 aliphatic carbocycles. The molecule has 0 aromatic heterocycles. The normalized spacial score (nSPS) is 41.7. The summed E-state index contributed by atoms with van der Waals surface area (Å²) in [6.45, 7) is 3.91. The molecule has 2 nitrogen and oxygen atoms in total. The van der Waals surface area contributed by atoms with Crippen LogP contribution in [0.5, 0.6) is 0 Å². The minimum atomic E-state index is 1.02. The van der Waals surface area contributed by atoms with E-state index in [1.807, 2.05) is 0 Å². The van der Waals surface area contributed by atoms with Crippen molar-refractivity contribution in [2.24, 2.45) is 5.92 Å². The highest BCUT2D eigenvalue weighted by Gasteiger charge is 2.26. The van der Waals surface area contributed by atoms with Gasteiger partial charge in [0.2, 0.25) is 0 Å². The highest BCUT2D eigenvalue weighted by atomic mass is 15.6. The zero-order valence-corrected chi connectivity index (χ0v) is 6.71. The quantitative estimate of drug-likeness (QED) is 0.494. The average molecular weight is 140 g/mol. The van der Waals surface area contributed by atoms with Crippen LogP contribution in [0.15, 0.2) is 0 Å². The molecule has 2 bridgehead atoms. The number of nitrogens with zero attached hydrogens (tertiary/aromatic N) is 2. The van der Waals surface area contributed by atoms with Crippen LogP contribution < -0.4 is 0 Å². The van der Waals surface area contributed by atoms with Gasteiger partial charge in [0.05, 0.1) is 0 Å². The molecule has 2 atom stereocenters. The van der Waals surface area contributed by atoms with Gasteiger partial charge in [-0.25, -0.2) is 10.0 Å². The lowest BCUT2D eigenvalue weighted by Crippen LogP contribution is -2.51. The molecule has 0 spiro atoms. The molecule has 0 aromatic rings. The van der Waals surface area contributed by atoms with Crippen LogP contribution >= 0.6 is 0 Å². The second-order valence-electron chi connectivity index (χ2n) is 3.59. The summed E-state index contributed by atoms with van der Waals surface area (Å²) in [5, 5.41) is 4.88. The Hall–Kier alpha value is -0.0800. The standard InChI is InChI=1S/C8H16N2/c1-9-6-4-8-3-2-5-10(9)7-8/h8H,2-7H2,1H3. The first-order valence-electron chi connectivity index (χ1n) is 4.32. The van der Waals surface area contributed by atoms with Crippen molar-refractivity contribution in [1.29, 1.82) is 0 Å². The molecular formula is C8H16N2. The third-order valence-electron chi connectivity index (χ3n) is 2.84. The van der Waals surface area contributed by atoms with Crippen LogP contribution in [-0.4, -0.2) is 36.7 Å². The van der Waals surface area contributed by atoms with Crippen molar-refractivity contribution in [1.82, 2.24) is 10.0 Å². The van der Waals surface area contributed by atoms with E-state index in [1.165, 1.54) is 38.9 Å². The van der Waals surface area contributed by atoms with E-state index in [0.717, 1.165) is 5.92 Å². The van der Waals surface area contributed by atoms with E-state index >= 15 is 0 Å². The average Bonchev–Trinajstić information content (AvgIpc) is 1.99. The van der Waals surface area contributed by atoms with E-state index in [2.05, 4.69) is 17.1 Å². The summed E-state index contributed by atoms with van der Waals surface area (Å²) in [6.07, 6.45) is 4.31. The number of rotatable bonds is 0. The lowest BCUT2D eigenvalue weighted by Gasteiger charge is -2.43. The largest absolute Gasteiger partial charge is 0.245 e. The zero-order chi connectivity index (χ0) is 6.97. The molecule has 0 N–H and O–H groups in total. The maximum absolute atomic E-state index is 2.50. The van der Waals surface area contributed by atoms with Gasteiger partial charge in [-0.15, -0.1) is 0 Å². The van der Waals surface area contributed by atoms with E-state index in [0.29, 0.717) is 0 Å². The third kappa shape index (κ3) is 1.06. The summed E-state index contributed by atoms with van der Waals surface area (Å²) >= 11 is 0. The van der Waals surface area contributed by atoms with Crippen molar-refractivity contribution in [3.63, 3.8) is 0 Å². The van der Waals surface area contributed by atoms with E-state index in [9.17, 15) is 0 Å². The lowest BCUT2D eigenvalue weighted by atomic mass is 9.94. The zero-order valence-electron chi connectivity index (χ0n) is 6.71. The maximum Gasteiger partial charge on any atom is 0.0162 e. The van der Waals surface area contributed by atoms with Crippen molar-refractivity contribution in [3.8, 4) is 0 Å². The molecule has 58 valence electrons. The van der Waals surface area contributed by atoms with Crippen LogP contribution in [-0.2, 0) is 0 Å². The smallest absolute Gasteiger partial charge is 0.0162 e. The first-order valence-corrected chi connectivity index (χ1v) is 4.32. The molecule has 0 amide bonds. The Labute approximate surface area is 62.8 Å². The first kappa shape index (κ1) is 6.62. The fourth-order valence-corrected chi connectivity index (χ4v) is 2.10. The van der Waals surface area contributed by atoms with Crippen LogP contribution in [0.1, 0.15) is 19.3 Å². The fourth-order valence-electron chi connectivity index (χ4n) is 2.10. The van der Waals surface area contributed by atoms with Crippen LogP contribution in [0, 0.1) is 5.92 Å². The molecule has 2 fully saturated rings. The molecule has 2 heteroatoms. The van der Waals surface area contributed by atoms with Gasteiger partial charge in [-0.3, -0.25) is 0 Å². The number of hydrogen-bond acceptors (Lipinski definition) is 2. The molecule has 0 aromatic carbocycles. The van der Waals surface area contributed by atoms with E-state index in [1.54, 1.807) is 0 Å². The number of hydrazine groups is 1. The fraction of sp³-hybridized carbons (Fsp3) is 1.00. The van der Waals surface area contributed by atoms with Gasteiger partial charge in [0.15, 0.2) is 0 Å². The molecule has 2 heterocycles. The molecule has 2 saturated heterocycles. The molecule has 0 radical (unpaired) electrons. The summed E-state index contributed by atoms with van der Waals surface area (Å²) in [7, 11) is 2.21. The van der Waals surface area contributed by atoms with E-state index < -0.39 is 0 Å². The highest BCUT2D eigenvalue weighted by molar-refractivity contribution is 4.76. The predicted molar refractivity (Wildman–Crippen MR) is 41.5 cm³/mol. The Balaban J connectivity index is 2.00. The minimum absolute atomic E-state index is 1.02. The van der Waals surface area contributed by atoms with Gasteiger partial charge in [-0.05, 0) is 25.2 Å². The van der Waals surface area contributed by atoms with Gasteiger partial charge < -0.3 is 0 Å². The van der Waals surface area contributed by atoms with Crippen molar-refractivity contribution in [3.05, 3.63) is 0 Å². The molecule has 2 rings (SSSR count). The second kappa shape index (κ2) is 2.51. The number of piperidine rings is 1. The Morgan fingerprint density at radius 2 is 2.10 bits per heavy atom. The van der Waals surface area contributed by atoms with E-state index in [-0.39, 0.29) is 0 Å². The summed E-state index contributed by atoms with van der Waals surface area (Å²) in [4.78, 5) is 0. The van der Waals surface area contributed by atoms with Crippen molar-refractivity contribution in [2.75, 3.05) is 26.7 Å². The van der Waals surface area contributed by atoms with Gasteiger partial charge in [0.1, 0.15) is 0 Å². The summed E-state index contributed by atoms with van der Waals surface area (Å²) in [5.74, 6) is 1.02. The third-order valence-corrected chi connectivity index (χ3v) is 2.84. The van der Waals surface area contributed by atoms with Crippen LogP contribution in [0.25, 0.3) is 0 Å². The molecule has 2 aliphatic rings. The molecule has 2 unspecified atom stereocenters. The van der Waals surface area contributed by atoms with Gasteiger partial charge in [-0.2, -0.15) is 0 Å². The maximum atomic E-state index is 2.50. The van der Waals surface area contributed by atoms with Crippen molar-refractivity contribution < 1.29 is 0 Å². The minimum Gasteiger partial charge on any atom is -0.245 e. The van der Waals surface area contributed by atoms with Gasteiger partial charge in [0.25, 0.3) is 0 Å². The van der Waals surface area contributed by atoms with Crippen LogP contribution in [0.2, 0.25) is 0 Å². The Morgan fingerprint density at radius 3 is 2.90 bits per heavy atom. The Kier molecular flexibility index (Phi) is 1.66. The Bertz CT molecular complexity index is 122. The van der Waals surface area contributed by atoms with Gasteiger partial charge in [0, 0.05) is 26.7 Å². The molecular weight excluding hydrogens is 124 g/mol. The second-order valence-corrected chi connectivity index (χ2v) is 3.59. The SMILES string of the molecule is CN1CCC2CCCN1C2. The van der Waals surface area contributed by atoms with Crippen LogP contribution in [0.4, 0.5) is 0 Å². The summed E-state index contributed by atoms with van der Waals surface area (Å²) in [6, 6.07) is 0. The molecule has 10 heavy (non-hydrogen) atoms. The highest BCUT2D eigenvalue weighted by Crippen LogP contribution is 2.24. The number of fused-ring (bicyclic) bond motifs is 2. The molecule has 0 saturated carbocycles. The summed E-state index contributed by atoms with van der Waals surface area (Å²) < 4.78 is 0. The monoisotopic (exact) mass is 140 g/mol. The van der Waals surface area contributed by atoms with E-state index in [4.69, 9.17) is 0 Å².